The number of anilines is 1. The Morgan fingerprint density at radius 3 is 2.51 bits per heavy atom. The van der Waals surface area contributed by atoms with Crippen molar-refractivity contribution in [3.8, 4) is 5.75 Å². The fourth-order valence-electron chi connectivity index (χ4n) is 6.75. The number of hydrogen-bond donors (Lipinski definition) is 7. The monoisotopic (exact) mass is 540 g/mol. The van der Waals surface area contributed by atoms with E-state index in [1.54, 1.807) is 0 Å². The number of benzene rings is 1. The van der Waals surface area contributed by atoms with Gasteiger partial charge in [0, 0.05) is 49.8 Å². The van der Waals surface area contributed by atoms with Crippen LogP contribution in [-0.2, 0) is 27.3 Å². The first-order valence-electron chi connectivity index (χ1n) is 13.4. The minimum Gasteiger partial charge on any atom is -0.508 e. The maximum absolute atomic E-state index is 13.7. The van der Waals surface area contributed by atoms with Gasteiger partial charge < -0.3 is 41.7 Å². The van der Waals surface area contributed by atoms with Crippen LogP contribution in [0.1, 0.15) is 42.4 Å². The molecule has 5 rings (SSSR count). The quantitative estimate of drug-likeness (QED) is 0.252. The fourth-order valence-corrected chi connectivity index (χ4v) is 6.75. The lowest BCUT2D eigenvalue weighted by molar-refractivity contribution is -0.147. The molecule has 1 aromatic rings. The van der Waals surface area contributed by atoms with Gasteiger partial charge in [-0.3, -0.25) is 14.4 Å². The van der Waals surface area contributed by atoms with Crippen molar-refractivity contribution >= 4 is 28.9 Å². The number of carbonyl (C=O) groups is 3. The topological polar surface area (TPSA) is 185 Å². The van der Waals surface area contributed by atoms with E-state index in [1.165, 1.54) is 0 Å². The summed E-state index contributed by atoms with van der Waals surface area (Å²) in [6, 6.07) is 1.88. The first-order chi connectivity index (χ1) is 18.5. The van der Waals surface area contributed by atoms with Crippen LogP contribution in [0.2, 0.25) is 0 Å². The molecule has 1 saturated heterocycles. The molecule has 4 aliphatic rings. The Kier molecular flexibility index (Phi) is 6.94. The van der Waals surface area contributed by atoms with Gasteiger partial charge in [-0.15, -0.1) is 0 Å². The first-order valence-corrected chi connectivity index (χ1v) is 13.4. The molecule has 1 saturated carbocycles. The highest BCUT2D eigenvalue weighted by atomic mass is 16.3. The highest BCUT2D eigenvalue weighted by Gasteiger charge is 2.60. The molecule has 3 aliphatic carbocycles. The Labute approximate surface area is 226 Å². The molecule has 39 heavy (non-hydrogen) atoms. The maximum Gasteiger partial charge on any atom is 0.255 e. The van der Waals surface area contributed by atoms with E-state index in [-0.39, 0.29) is 36.1 Å². The number of rotatable bonds is 6. The van der Waals surface area contributed by atoms with E-state index in [4.69, 9.17) is 5.73 Å². The Bertz CT molecular complexity index is 1310. The summed E-state index contributed by atoms with van der Waals surface area (Å²) < 4.78 is 0. The zero-order valence-electron chi connectivity index (χ0n) is 22.2. The smallest absolute Gasteiger partial charge is 0.255 e. The third kappa shape index (κ3) is 4.29. The average Bonchev–Trinajstić information content (AvgIpc) is 2.87. The molecule has 1 heterocycles. The van der Waals surface area contributed by atoms with E-state index >= 15 is 0 Å². The number of aromatic hydroxyl groups is 1. The second-order valence-electron chi connectivity index (χ2n) is 11.4. The predicted octanol–water partition coefficient (Wildman–Crippen LogP) is 0.579. The molecular formula is C28H36N4O7. The highest BCUT2D eigenvalue weighted by molar-refractivity contribution is 6.22. The van der Waals surface area contributed by atoms with Crippen LogP contribution in [0.15, 0.2) is 23.0 Å². The number of ketones is 2. The number of fused-ring (bicyclic) bond motifs is 3. The standard InChI is InChI=1S/C28H36N4O7/c1-32(2)18-9-15(12-31-11-13-3-5-30-6-4-13)23(34)21-17(18)8-14-7-16-10-19(33)22(27(29)38)26(37)28(16,39)25(36)20(14)24(21)35/h9,13-14,16,30-31,34-35,37,39H,3-8,10-12H2,1-2H3,(H2,29,38). The van der Waals surface area contributed by atoms with Gasteiger partial charge in [0.1, 0.15) is 22.8 Å². The van der Waals surface area contributed by atoms with Crippen LogP contribution in [0.5, 0.6) is 5.75 Å². The van der Waals surface area contributed by atoms with E-state index in [2.05, 4.69) is 10.6 Å². The number of amides is 1. The Balaban J connectivity index is 1.56. The molecule has 11 heteroatoms. The SMILES string of the molecule is CN(C)c1cc(CNCC2CCNCC2)c(O)c2c1CC1CC3CC(=O)C(C(N)=O)=C(O)C3(O)C(=O)C1=C2O. The number of hydrogen-bond acceptors (Lipinski definition) is 10. The number of piperidine rings is 1. The Morgan fingerprint density at radius 1 is 1.18 bits per heavy atom. The molecule has 1 aromatic carbocycles. The molecule has 11 nitrogen and oxygen atoms in total. The van der Waals surface area contributed by atoms with Crippen LogP contribution in [0, 0.1) is 17.8 Å². The Hall–Kier alpha value is -3.41. The van der Waals surface area contributed by atoms with Gasteiger partial charge in [-0.05, 0) is 68.8 Å². The number of phenolic OH excluding ortho intramolecular Hbond substituents is 1. The number of aliphatic hydroxyl groups is 3. The summed E-state index contributed by atoms with van der Waals surface area (Å²) in [6.07, 6.45) is 2.18. The second-order valence-corrected chi connectivity index (χ2v) is 11.4. The van der Waals surface area contributed by atoms with Crippen LogP contribution in [0.3, 0.4) is 0 Å². The largest absolute Gasteiger partial charge is 0.508 e. The fraction of sp³-hybridized carbons (Fsp3) is 0.536. The van der Waals surface area contributed by atoms with Gasteiger partial charge in [0.2, 0.25) is 5.78 Å². The molecule has 3 unspecified atom stereocenters. The van der Waals surface area contributed by atoms with Gasteiger partial charge in [0.25, 0.3) is 5.91 Å². The number of phenols is 1. The van der Waals surface area contributed by atoms with Crippen LogP contribution in [0.4, 0.5) is 5.69 Å². The Morgan fingerprint density at radius 2 is 1.87 bits per heavy atom. The van der Waals surface area contributed by atoms with Gasteiger partial charge in [-0.2, -0.15) is 0 Å². The van der Waals surface area contributed by atoms with Gasteiger partial charge >= 0.3 is 0 Å². The lowest BCUT2D eigenvalue weighted by Crippen LogP contribution is -2.58. The number of aliphatic hydroxyl groups excluding tert-OH is 2. The molecule has 0 spiro atoms. The molecule has 0 aromatic heterocycles. The van der Waals surface area contributed by atoms with E-state index < -0.39 is 52.0 Å². The summed E-state index contributed by atoms with van der Waals surface area (Å²) in [5, 5.41) is 51.7. The van der Waals surface area contributed by atoms with Crippen molar-refractivity contribution in [3.63, 3.8) is 0 Å². The van der Waals surface area contributed by atoms with E-state index in [0.29, 0.717) is 23.6 Å². The minimum atomic E-state index is -2.57. The molecule has 0 radical (unpaired) electrons. The van der Waals surface area contributed by atoms with Crippen LogP contribution in [0.25, 0.3) is 5.76 Å². The first kappa shape index (κ1) is 27.2. The average molecular weight is 541 g/mol. The van der Waals surface area contributed by atoms with Crippen molar-refractivity contribution in [1.29, 1.82) is 0 Å². The number of primary amides is 1. The summed E-state index contributed by atoms with van der Waals surface area (Å²) in [5.74, 6) is -5.68. The van der Waals surface area contributed by atoms with E-state index in [9.17, 15) is 34.8 Å². The number of nitrogens with one attached hydrogen (secondary N) is 2. The zero-order chi connectivity index (χ0) is 28.2. The van der Waals surface area contributed by atoms with Crippen molar-refractivity contribution in [2.24, 2.45) is 23.5 Å². The van der Waals surface area contributed by atoms with Crippen LogP contribution in [-0.4, -0.2) is 77.2 Å². The third-order valence-electron chi connectivity index (χ3n) is 8.81. The lowest BCUT2D eigenvalue weighted by Gasteiger charge is -2.46. The van der Waals surface area contributed by atoms with Gasteiger partial charge in [0.05, 0.1) is 5.56 Å². The van der Waals surface area contributed by atoms with Gasteiger partial charge in [-0.25, -0.2) is 0 Å². The van der Waals surface area contributed by atoms with Crippen molar-refractivity contribution < 1.29 is 34.8 Å². The van der Waals surface area contributed by atoms with E-state index in [0.717, 1.165) is 38.2 Å². The molecule has 0 bridgehead atoms. The molecule has 1 amide bonds. The molecule has 8 N–H and O–H groups in total. The number of Topliss-reactive ketones (excluding diaryl/α,β-unsaturated/α-hetero) is 2. The summed E-state index contributed by atoms with van der Waals surface area (Å²) in [4.78, 5) is 40.0. The number of carbonyl (C=O) groups excluding carboxylic acids is 3. The van der Waals surface area contributed by atoms with Crippen LogP contribution >= 0.6 is 0 Å². The molecular weight excluding hydrogens is 504 g/mol. The summed E-state index contributed by atoms with van der Waals surface area (Å²) >= 11 is 0. The summed E-state index contributed by atoms with van der Waals surface area (Å²) in [6.45, 7) is 3.09. The molecule has 210 valence electrons. The zero-order valence-corrected chi connectivity index (χ0v) is 22.2. The molecule has 3 atom stereocenters. The molecule has 1 aliphatic heterocycles. The normalized spacial score (nSPS) is 27.3. The minimum absolute atomic E-state index is 0.107. The molecule has 2 fully saturated rings. The summed E-state index contributed by atoms with van der Waals surface area (Å²) in [5.41, 5.74) is 3.87. The van der Waals surface area contributed by atoms with Gasteiger partial charge in [0.15, 0.2) is 11.4 Å². The highest BCUT2D eigenvalue weighted by Crippen LogP contribution is 2.53. The number of nitrogens with two attached hydrogens (primary N) is 1. The lowest BCUT2D eigenvalue weighted by atomic mass is 9.59. The third-order valence-corrected chi connectivity index (χ3v) is 8.81. The number of nitrogens with zero attached hydrogens (tertiary/aromatic N) is 1. The van der Waals surface area contributed by atoms with Gasteiger partial charge in [-0.1, -0.05) is 0 Å². The van der Waals surface area contributed by atoms with Crippen molar-refractivity contribution in [3.05, 3.63) is 39.7 Å². The van der Waals surface area contributed by atoms with Crippen molar-refractivity contribution in [2.45, 2.75) is 44.2 Å². The van der Waals surface area contributed by atoms with Crippen molar-refractivity contribution in [1.82, 2.24) is 10.6 Å². The summed E-state index contributed by atoms with van der Waals surface area (Å²) in [7, 11) is 3.71. The van der Waals surface area contributed by atoms with Crippen LogP contribution < -0.4 is 21.3 Å². The second kappa shape index (κ2) is 9.96. The maximum atomic E-state index is 13.7. The van der Waals surface area contributed by atoms with Crippen molar-refractivity contribution in [2.75, 3.05) is 38.6 Å². The van der Waals surface area contributed by atoms with E-state index in [1.807, 2.05) is 25.1 Å². The predicted molar refractivity (Wildman–Crippen MR) is 143 cm³/mol.